The number of nitrogens with one attached hydrogen (secondary N) is 1. The molecule has 1 saturated heterocycles. The maximum absolute atomic E-state index is 12.7. The lowest BCUT2D eigenvalue weighted by molar-refractivity contribution is 0.0172. The Morgan fingerprint density at radius 2 is 1.70 bits per heavy atom. The van der Waals surface area contributed by atoms with Crippen molar-refractivity contribution >= 4 is 17.5 Å². The molecule has 1 aliphatic heterocycles. The molecule has 1 heterocycles. The SMILES string of the molecule is CC(C)(C)OC(=O)N1CCC(C(N[S+]([O-])C(C)(C)C)c2ccccc2)CC1. The maximum Gasteiger partial charge on any atom is 0.410 e. The van der Waals surface area contributed by atoms with Crippen LogP contribution in [-0.4, -0.2) is 39.0 Å². The normalized spacial score (nSPS) is 18.9. The van der Waals surface area contributed by atoms with Gasteiger partial charge in [-0.3, -0.25) is 0 Å². The number of ether oxygens (including phenoxy) is 1. The maximum atomic E-state index is 12.7. The average Bonchev–Trinajstić information content (AvgIpc) is 2.58. The van der Waals surface area contributed by atoms with Gasteiger partial charge in [0, 0.05) is 24.5 Å². The third-order valence-corrected chi connectivity index (χ3v) is 6.19. The Labute approximate surface area is 167 Å². The lowest BCUT2D eigenvalue weighted by Crippen LogP contribution is -2.47. The zero-order chi connectivity index (χ0) is 20.2. The van der Waals surface area contributed by atoms with Crippen LogP contribution in [0.3, 0.4) is 0 Å². The van der Waals surface area contributed by atoms with Gasteiger partial charge in [-0.2, -0.15) is 0 Å². The van der Waals surface area contributed by atoms with E-state index in [0.29, 0.717) is 19.0 Å². The summed E-state index contributed by atoms with van der Waals surface area (Å²) in [5.41, 5.74) is 0.664. The molecule has 0 aliphatic carbocycles. The highest BCUT2D eigenvalue weighted by Crippen LogP contribution is 2.33. The summed E-state index contributed by atoms with van der Waals surface area (Å²) in [6.07, 6.45) is 1.46. The van der Waals surface area contributed by atoms with E-state index in [0.717, 1.165) is 18.4 Å². The van der Waals surface area contributed by atoms with Gasteiger partial charge in [0.05, 0.1) is 6.04 Å². The smallest absolute Gasteiger partial charge is 0.410 e. The lowest BCUT2D eigenvalue weighted by Gasteiger charge is -2.38. The number of rotatable bonds is 4. The number of amides is 1. The number of piperidine rings is 1. The minimum atomic E-state index is -1.16. The second-order valence-electron chi connectivity index (χ2n) is 9.19. The molecule has 0 bridgehead atoms. The van der Waals surface area contributed by atoms with Gasteiger partial charge in [0.15, 0.2) is 0 Å². The van der Waals surface area contributed by atoms with E-state index in [1.807, 2.05) is 59.7 Å². The predicted octanol–water partition coefficient (Wildman–Crippen LogP) is 4.43. The van der Waals surface area contributed by atoms with Crippen LogP contribution in [0.15, 0.2) is 30.3 Å². The second kappa shape index (κ2) is 8.84. The molecule has 1 aliphatic rings. The second-order valence-corrected chi connectivity index (χ2v) is 11.2. The van der Waals surface area contributed by atoms with Gasteiger partial charge in [0.25, 0.3) is 0 Å². The molecule has 2 unspecified atom stereocenters. The summed E-state index contributed by atoms with van der Waals surface area (Å²) in [7, 11) is 0. The highest BCUT2D eigenvalue weighted by molar-refractivity contribution is 7.90. The van der Waals surface area contributed by atoms with Gasteiger partial charge in [0.1, 0.15) is 10.3 Å². The third kappa shape index (κ3) is 6.70. The first kappa shape index (κ1) is 22.1. The molecule has 1 aromatic carbocycles. The van der Waals surface area contributed by atoms with Crippen LogP contribution >= 0.6 is 0 Å². The Morgan fingerprint density at radius 3 is 2.19 bits per heavy atom. The molecule has 0 radical (unpaired) electrons. The van der Waals surface area contributed by atoms with Gasteiger partial charge < -0.3 is 14.2 Å². The Balaban J connectivity index is 2.06. The number of hydrogen-bond acceptors (Lipinski definition) is 4. The predicted molar refractivity (Wildman–Crippen MR) is 111 cm³/mol. The molecule has 2 rings (SSSR count). The van der Waals surface area contributed by atoms with Crippen molar-refractivity contribution in [3.05, 3.63) is 35.9 Å². The molecular formula is C21H34N2O3S. The van der Waals surface area contributed by atoms with Crippen LogP contribution in [0.4, 0.5) is 4.79 Å². The largest absolute Gasteiger partial charge is 0.598 e. The van der Waals surface area contributed by atoms with Gasteiger partial charge >= 0.3 is 6.09 Å². The van der Waals surface area contributed by atoms with Gasteiger partial charge in [-0.15, -0.1) is 4.72 Å². The van der Waals surface area contributed by atoms with Crippen molar-refractivity contribution in [2.45, 2.75) is 70.8 Å². The van der Waals surface area contributed by atoms with E-state index in [4.69, 9.17) is 4.74 Å². The summed E-state index contributed by atoms with van der Waals surface area (Å²) in [4.78, 5) is 14.1. The summed E-state index contributed by atoms with van der Waals surface area (Å²) < 4.78 is 21.3. The molecular weight excluding hydrogens is 360 g/mol. The Kier molecular flexibility index (Phi) is 7.22. The zero-order valence-electron chi connectivity index (χ0n) is 17.5. The van der Waals surface area contributed by atoms with E-state index < -0.39 is 17.0 Å². The number of carbonyl (C=O) groups excluding carboxylic acids is 1. The summed E-state index contributed by atoms with van der Waals surface area (Å²) in [5.74, 6) is 0.317. The van der Waals surface area contributed by atoms with Gasteiger partial charge in [-0.25, -0.2) is 4.79 Å². The monoisotopic (exact) mass is 394 g/mol. The molecule has 27 heavy (non-hydrogen) atoms. The topological polar surface area (TPSA) is 64.6 Å². The zero-order valence-corrected chi connectivity index (χ0v) is 18.3. The Hall–Kier alpha value is -1.24. The van der Waals surface area contributed by atoms with Crippen LogP contribution in [0.5, 0.6) is 0 Å². The number of nitrogens with zero attached hydrogens (tertiary/aromatic N) is 1. The molecule has 1 aromatic rings. The van der Waals surface area contributed by atoms with Crippen molar-refractivity contribution in [3.8, 4) is 0 Å². The minimum absolute atomic E-state index is 0.00652. The number of hydrogen-bond donors (Lipinski definition) is 1. The molecule has 0 aromatic heterocycles. The first-order valence-electron chi connectivity index (χ1n) is 9.68. The van der Waals surface area contributed by atoms with Crippen molar-refractivity contribution in [1.29, 1.82) is 0 Å². The van der Waals surface area contributed by atoms with Gasteiger partial charge in [-0.1, -0.05) is 30.3 Å². The van der Waals surface area contributed by atoms with E-state index in [1.165, 1.54) is 0 Å². The van der Waals surface area contributed by atoms with E-state index in [1.54, 1.807) is 4.90 Å². The fourth-order valence-electron chi connectivity index (χ4n) is 3.13. The summed E-state index contributed by atoms with van der Waals surface area (Å²) in [5, 5.41) is 0. The standard InChI is InChI=1S/C21H34N2O3S/c1-20(2,3)26-19(24)23-14-12-17(13-15-23)18(16-10-8-7-9-11-16)22-27(25)21(4,5)6/h7-11,17-18,22H,12-15H2,1-6H3. The van der Waals surface area contributed by atoms with E-state index >= 15 is 0 Å². The molecule has 1 fully saturated rings. The average molecular weight is 395 g/mol. The first-order valence-corrected chi connectivity index (χ1v) is 10.8. The number of carbonyl (C=O) groups is 1. The quantitative estimate of drug-likeness (QED) is 0.768. The van der Waals surface area contributed by atoms with Crippen molar-refractivity contribution in [1.82, 2.24) is 9.62 Å². The molecule has 152 valence electrons. The fourth-order valence-corrected chi connectivity index (χ4v) is 4.04. The van der Waals surface area contributed by atoms with Crippen molar-refractivity contribution in [2.24, 2.45) is 5.92 Å². The van der Waals surface area contributed by atoms with Gasteiger partial charge in [-0.05, 0) is 65.9 Å². The van der Waals surface area contributed by atoms with Crippen LogP contribution < -0.4 is 4.72 Å². The first-order chi connectivity index (χ1) is 12.5. The van der Waals surface area contributed by atoms with Crippen LogP contribution in [0.1, 0.15) is 66.0 Å². The number of benzene rings is 1. The summed E-state index contributed by atoms with van der Waals surface area (Å²) >= 11 is -1.16. The molecule has 6 heteroatoms. The molecule has 0 spiro atoms. The van der Waals surface area contributed by atoms with Crippen LogP contribution in [0, 0.1) is 5.92 Å². The van der Waals surface area contributed by atoms with Crippen molar-refractivity contribution in [2.75, 3.05) is 13.1 Å². The molecule has 0 saturated carbocycles. The van der Waals surface area contributed by atoms with Crippen molar-refractivity contribution in [3.63, 3.8) is 0 Å². The lowest BCUT2D eigenvalue weighted by atomic mass is 9.86. The molecule has 1 amide bonds. The highest BCUT2D eigenvalue weighted by Gasteiger charge is 2.36. The molecule has 5 nitrogen and oxygen atoms in total. The van der Waals surface area contributed by atoms with Gasteiger partial charge in [0.2, 0.25) is 0 Å². The minimum Gasteiger partial charge on any atom is -0.598 e. The van der Waals surface area contributed by atoms with Crippen molar-refractivity contribution < 1.29 is 14.1 Å². The Morgan fingerprint density at radius 1 is 1.15 bits per heavy atom. The van der Waals surface area contributed by atoms with Crippen LogP contribution in [0.25, 0.3) is 0 Å². The Bertz CT molecular complexity index is 602. The van der Waals surface area contributed by atoms with E-state index in [2.05, 4.69) is 16.9 Å². The highest BCUT2D eigenvalue weighted by atomic mass is 32.2. The number of likely N-dealkylation sites (tertiary alicyclic amines) is 1. The van der Waals surface area contributed by atoms with E-state index in [-0.39, 0.29) is 16.9 Å². The summed E-state index contributed by atoms with van der Waals surface area (Å²) in [6, 6.07) is 10.2. The van der Waals surface area contributed by atoms with E-state index in [9.17, 15) is 9.35 Å². The fraction of sp³-hybridized carbons (Fsp3) is 0.667. The van der Waals surface area contributed by atoms with Crippen LogP contribution in [0.2, 0.25) is 0 Å². The molecule has 1 N–H and O–H groups in total. The van der Waals surface area contributed by atoms with Crippen LogP contribution in [-0.2, 0) is 16.1 Å². The molecule has 2 atom stereocenters. The summed E-state index contributed by atoms with van der Waals surface area (Å²) in [6.45, 7) is 12.9. The third-order valence-electron chi connectivity index (χ3n) is 4.61.